The lowest BCUT2D eigenvalue weighted by molar-refractivity contribution is -0.115. The van der Waals surface area contributed by atoms with Crippen molar-refractivity contribution in [2.24, 2.45) is 10.2 Å². The molecule has 2 heterocycles. The molecule has 0 atom stereocenters. The molecule has 1 fully saturated rings. The van der Waals surface area contributed by atoms with E-state index in [9.17, 15) is 4.79 Å². The Morgan fingerprint density at radius 1 is 1.17 bits per heavy atom. The number of thioether (sulfide) groups is 1. The molecule has 148 valence electrons. The number of ether oxygens (including phenoxy) is 2. The van der Waals surface area contributed by atoms with Crippen molar-refractivity contribution in [3.05, 3.63) is 62.5 Å². The predicted octanol–water partition coefficient (Wildman–Crippen LogP) is 4.90. The van der Waals surface area contributed by atoms with E-state index in [0.29, 0.717) is 27.5 Å². The third-order valence-corrected chi connectivity index (χ3v) is 5.97. The van der Waals surface area contributed by atoms with E-state index in [1.165, 1.54) is 17.3 Å². The number of hydrogen-bond acceptors (Lipinski definition) is 6. The highest BCUT2D eigenvalue weighted by Crippen LogP contribution is 2.38. The number of carbonyl (C=O) groups is 1. The van der Waals surface area contributed by atoms with Gasteiger partial charge >= 0.3 is 0 Å². The first-order chi connectivity index (χ1) is 14.0. The standard InChI is InChI=1S/C21H18BrN3O3S/c1-12(2)14-5-3-13(4-6-14)10-23-25-21-24-20(26)19(29-21)8-15-7-17-18(9-16(15)22)28-11-27-17/h3-10,12H,11H2,1-2H3,(H,24,25,26)/b19-8+,23-10-. The summed E-state index contributed by atoms with van der Waals surface area (Å²) in [6, 6.07) is 11.8. The van der Waals surface area contributed by atoms with E-state index in [2.05, 4.69) is 57.4 Å². The van der Waals surface area contributed by atoms with Gasteiger partial charge in [-0.25, -0.2) is 0 Å². The molecule has 2 aliphatic rings. The zero-order valence-corrected chi connectivity index (χ0v) is 18.2. The van der Waals surface area contributed by atoms with Gasteiger partial charge in [-0.15, -0.1) is 5.10 Å². The Morgan fingerprint density at radius 3 is 2.62 bits per heavy atom. The molecule has 1 N–H and O–H groups in total. The summed E-state index contributed by atoms with van der Waals surface area (Å²) < 4.78 is 11.6. The lowest BCUT2D eigenvalue weighted by Gasteiger charge is -2.03. The summed E-state index contributed by atoms with van der Waals surface area (Å²) in [4.78, 5) is 12.8. The van der Waals surface area contributed by atoms with Crippen molar-refractivity contribution in [3.63, 3.8) is 0 Å². The number of halogens is 1. The van der Waals surface area contributed by atoms with Crippen LogP contribution in [0.25, 0.3) is 6.08 Å². The van der Waals surface area contributed by atoms with Crippen molar-refractivity contribution in [2.45, 2.75) is 19.8 Å². The Bertz CT molecular complexity index is 1050. The van der Waals surface area contributed by atoms with Gasteiger partial charge in [0.1, 0.15) is 0 Å². The van der Waals surface area contributed by atoms with Crippen LogP contribution in [-0.2, 0) is 4.79 Å². The number of amides is 1. The van der Waals surface area contributed by atoms with Crippen LogP contribution < -0.4 is 14.8 Å². The number of nitrogens with one attached hydrogen (secondary N) is 1. The van der Waals surface area contributed by atoms with Crippen LogP contribution >= 0.6 is 27.7 Å². The summed E-state index contributed by atoms with van der Waals surface area (Å²) in [5, 5.41) is 11.4. The van der Waals surface area contributed by atoms with Crippen LogP contribution in [0.1, 0.15) is 36.5 Å². The second-order valence-electron chi connectivity index (χ2n) is 6.76. The molecular formula is C21H18BrN3O3S. The van der Waals surface area contributed by atoms with Gasteiger partial charge in [0.25, 0.3) is 5.91 Å². The Labute approximate surface area is 181 Å². The minimum absolute atomic E-state index is 0.200. The number of fused-ring (bicyclic) bond motifs is 1. The van der Waals surface area contributed by atoms with E-state index in [1.807, 2.05) is 24.3 Å². The molecule has 0 aromatic heterocycles. The van der Waals surface area contributed by atoms with Crippen molar-refractivity contribution in [2.75, 3.05) is 6.79 Å². The summed E-state index contributed by atoms with van der Waals surface area (Å²) in [5.41, 5.74) is 3.05. The lowest BCUT2D eigenvalue weighted by atomic mass is 10.0. The number of carbonyl (C=O) groups excluding carboxylic acids is 1. The topological polar surface area (TPSA) is 72.3 Å². The van der Waals surface area contributed by atoms with Gasteiger partial charge in [0.05, 0.1) is 11.1 Å². The van der Waals surface area contributed by atoms with E-state index in [0.717, 1.165) is 15.6 Å². The molecule has 6 nitrogen and oxygen atoms in total. The smallest absolute Gasteiger partial charge is 0.264 e. The van der Waals surface area contributed by atoms with Crippen molar-refractivity contribution in [1.29, 1.82) is 0 Å². The monoisotopic (exact) mass is 471 g/mol. The molecule has 8 heteroatoms. The Hall–Kier alpha value is -2.58. The van der Waals surface area contributed by atoms with E-state index < -0.39 is 0 Å². The molecule has 2 aliphatic heterocycles. The summed E-state index contributed by atoms with van der Waals surface area (Å²) in [6.45, 7) is 4.51. The van der Waals surface area contributed by atoms with Gasteiger partial charge in [-0.2, -0.15) is 5.10 Å². The van der Waals surface area contributed by atoms with E-state index in [-0.39, 0.29) is 12.7 Å². The fraction of sp³-hybridized carbons (Fsp3) is 0.190. The van der Waals surface area contributed by atoms with Crippen molar-refractivity contribution >= 4 is 51.1 Å². The third kappa shape index (κ3) is 4.54. The van der Waals surface area contributed by atoms with Crippen LogP contribution in [0.5, 0.6) is 11.5 Å². The Morgan fingerprint density at radius 2 is 1.90 bits per heavy atom. The predicted molar refractivity (Wildman–Crippen MR) is 120 cm³/mol. The highest BCUT2D eigenvalue weighted by atomic mass is 79.9. The molecule has 0 bridgehead atoms. The maximum Gasteiger partial charge on any atom is 0.264 e. The zero-order valence-electron chi connectivity index (χ0n) is 15.8. The van der Waals surface area contributed by atoms with Crippen molar-refractivity contribution < 1.29 is 14.3 Å². The molecule has 2 aromatic carbocycles. The lowest BCUT2D eigenvalue weighted by Crippen LogP contribution is -2.19. The quantitative estimate of drug-likeness (QED) is 0.391. The first-order valence-corrected chi connectivity index (χ1v) is 10.6. The first kappa shape index (κ1) is 19.7. The van der Waals surface area contributed by atoms with Crippen LogP contribution in [0.3, 0.4) is 0 Å². The maximum atomic E-state index is 12.3. The number of amidine groups is 1. The SMILES string of the molecule is CC(C)c1ccc(/C=N\N=C2/NC(=O)/C(=C\c3cc4c(cc3Br)OCO4)S2)cc1. The van der Waals surface area contributed by atoms with Gasteiger partial charge in [-0.05, 0) is 52.6 Å². The average Bonchev–Trinajstić information content (AvgIpc) is 3.28. The van der Waals surface area contributed by atoms with Gasteiger partial charge in [-0.1, -0.05) is 54.0 Å². The minimum Gasteiger partial charge on any atom is -0.454 e. The van der Waals surface area contributed by atoms with Crippen LogP contribution in [-0.4, -0.2) is 24.1 Å². The fourth-order valence-corrected chi connectivity index (χ4v) is 3.98. The van der Waals surface area contributed by atoms with Crippen LogP contribution in [0, 0.1) is 0 Å². The number of rotatable bonds is 4. The second kappa shape index (κ2) is 8.42. The zero-order chi connectivity index (χ0) is 20.4. The normalized spacial score (nSPS) is 18.4. The number of hydrogen-bond donors (Lipinski definition) is 1. The number of nitrogens with zero attached hydrogens (tertiary/aromatic N) is 2. The maximum absolute atomic E-state index is 12.3. The first-order valence-electron chi connectivity index (χ1n) is 9.00. The second-order valence-corrected chi connectivity index (χ2v) is 8.65. The van der Waals surface area contributed by atoms with Gasteiger partial charge in [0.2, 0.25) is 6.79 Å². The molecule has 0 radical (unpaired) electrons. The summed E-state index contributed by atoms with van der Waals surface area (Å²) >= 11 is 4.74. The Kier molecular flexibility index (Phi) is 5.73. The van der Waals surface area contributed by atoms with E-state index in [4.69, 9.17) is 9.47 Å². The largest absolute Gasteiger partial charge is 0.454 e. The van der Waals surface area contributed by atoms with Crippen molar-refractivity contribution in [3.8, 4) is 11.5 Å². The van der Waals surface area contributed by atoms with Crippen LogP contribution in [0.15, 0.2) is 56.0 Å². The summed E-state index contributed by atoms with van der Waals surface area (Å²) in [5.74, 6) is 1.61. The molecule has 0 saturated carbocycles. The molecule has 4 rings (SSSR count). The van der Waals surface area contributed by atoms with Gasteiger partial charge < -0.3 is 9.47 Å². The third-order valence-electron chi connectivity index (χ3n) is 4.39. The van der Waals surface area contributed by atoms with Gasteiger partial charge in [0.15, 0.2) is 16.7 Å². The average molecular weight is 472 g/mol. The number of benzene rings is 2. The molecule has 0 aliphatic carbocycles. The van der Waals surface area contributed by atoms with Gasteiger partial charge in [0, 0.05) is 4.47 Å². The molecular weight excluding hydrogens is 454 g/mol. The van der Waals surface area contributed by atoms with Crippen molar-refractivity contribution in [1.82, 2.24) is 5.32 Å². The highest BCUT2D eigenvalue weighted by Gasteiger charge is 2.25. The Balaban J connectivity index is 1.47. The summed E-state index contributed by atoms with van der Waals surface area (Å²) in [6.07, 6.45) is 3.45. The molecule has 29 heavy (non-hydrogen) atoms. The highest BCUT2D eigenvalue weighted by molar-refractivity contribution is 9.10. The minimum atomic E-state index is -0.213. The summed E-state index contributed by atoms with van der Waals surface area (Å²) in [7, 11) is 0. The fourth-order valence-electron chi connectivity index (χ4n) is 2.77. The van der Waals surface area contributed by atoms with E-state index in [1.54, 1.807) is 12.3 Å². The van der Waals surface area contributed by atoms with Gasteiger partial charge in [-0.3, -0.25) is 10.1 Å². The molecule has 2 aromatic rings. The van der Waals surface area contributed by atoms with E-state index >= 15 is 0 Å². The molecule has 0 unspecified atom stereocenters. The molecule has 1 saturated heterocycles. The molecule has 1 amide bonds. The van der Waals surface area contributed by atoms with Crippen LogP contribution in [0.2, 0.25) is 0 Å². The van der Waals surface area contributed by atoms with Crippen LogP contribution in [0.4, 0.5) is 0 Å². The molecule has 0 spiro atoms.